The molecule has 0 radical (unpaired) electrons. The minimum absolute atomic E-state index is 0.0535. The van der Waals surface area contributed by atoms with Crippen LogP contribution in [0.3, 0.4) is 0 Å². The van der Waals surface area contributed by atoms with Gasteiger partial charge >= 0.3 is 0 Å². The van der Waals surface area contributed by atoms with Gasteiger partial charge in [-0.1, -0.05) is 5.16 Å². The van der Waals surface area contributed by atoms with E-state index in [9.17, 15) is 8.42 Å². The van der Waals surface area contributed by atoms with Gasteiger partial charge in [0, 0.05) is 18.8 Å². The van der Waals surface area contributed by atoms with Crippen molar-refractivity contribution in [1.82, 2.24) is 19.8 Å². The van der Waals surface area contributed by atoms with Crippen LogP contribution >= 0.6 is 0 Å². The van der Waals surface area contributed by atoms with Crippen molar-refractivity contribution in [2.45, 2.75) is 25.3 Å². The van der Waals surface area contributed by atoms with Crippen molar-refractivity contribution < 1.29 is 12.9 Å². The van der Waals surface area contributed by atoms with Gasteiger partial charge in [0.15, 0.2) is 5.82 Å². The van der Waals surface area contributed by atoms with E-state index in [1.165, 1.54) is 18.3 Å². The summed E-state index contributed by atoms with van der Waals surface area (Å²) in [5, 5.41) is 6.54. The van der Waals surface area contributed by atoms with Crippen LogP contribution in [-0.2, 0) is 16.6 Å². The van der Waals surface area contributed by atoms with Crippen molar-refractivity contribution in [2.75, 3.05) is 11.9 Å². The van der Waals surface area contributed by atoms with Crippen molar-refractivity contribution in [1.29, 1.82) is 0 Å². The fraction of sp³-hybridized carbons (Fsp3) is 0.364. The highest BCUT2D eigenvalue weighted by atomic mass is 32.2. The van der Waals surface area contributed by atoms with E-state index in [2.05, 4.69) is 25.2 Å². The lowest BCUT2D eigenvalue weighted by Crippen LogP contribution is -2.23. The molecule has 0 amide bonds. The zero-order valence-corrected chi connectivity index (χ0v) is 11.9. The van der Waals surface area contributed by atoms with E-state index in [1.807, 2.05) is 6.92 Å². The molecule has 9 heteroatoms. The Balaban J connectivity index is 2.11. The second-order valence-electron chi connectivity index (χ2n) is 3.97. The van der Waals surface area contributed by atoms with Gasteiger partial charge < -0.3 is 9.84 Å². The van der Waals surface area contributed by atoms with Crippen molar-refractivity contribution in [3.63, 3.8) is 0 Å². The molecule has 0 bridgehead atoms. The second kappa shape index (κ2) is 5.97. The van der Waals surface area contributed by atoms with Crippen LogP contribution in [0, 0.1) is 6.92 Å². The highest BCUT2D eigenvalue weighted by Gasteiger charge is 2.16. The Morgan fingerprint density at radius 2 is 2.20 bits per heavy atom. The Bertz CT molecular complexity index is 683. The summed E-state index contributed by atoms with van der Waals surface area (Å²) < 4.78 is 31.5. The smallest absolute Gasteiger partial charge is 0.241 e. The fourth-order valence-corrected chi connectivity index (χ4v) is 2.49. The molecular weight excluding hydrogens is 282 g/mol. The minimum Gasteiger partial charge on any atom is -0.370 e. The van der Waals surface area contributed by atoms with Crippen LogP contribution in [0.2, 0.25) is 0 Å². The van der Waals surface area contributed by atoms with E-state index in [0.29, 0.717) is 18.2 Å². The topological polar surface area (TPSA) is 110 Å². The number of pyridine rings is 1. The standard InChI is InChI=1S/C11H15N5O3S/c1-3-12-10-6-9(4-5-13-10)20(17,18)14-7-11-15-8(2)16-19-11/h4-6,14H,3,7H2,1-2H3,(H,12,13). The maximum Gasteiger partial charge on any atom is 0.241 e. The summed E-state index contributed by atoms with van der Waals surface area (Å²) in [6, 6.07) is 2.88. The van der Waals surface area contributed by atoms with Gasteiger partial charge in [0.25, 0.3) is 0 Å². The molecule has 2 rings (SSSR count). The number of sulfonamides is 1. The largest absolute Gasteiger partial charge is 0.370 e. The molecule has 20 heavy (non-hydrogen) atoms. The third-order valence-electron chi connectivity index (χ3n) is 2.38. The zero-order chi connectivity index (χ0) is 14.6. The molecule has 0 aliphatic heterocycles. The van der Waals surface area contributed by atoms with Gasteiger partial charge in [0.1, 0.15) is 5.82 Å². The molecule has 8 nitrogen and oxygen atoms in total. The molecule has 2 aromatic rings. The SMILES string of the molecule is CCNc1cc(S(=O)(=O)NCc2nc(C)no2)ccn1. The van der Waals surface area contributed by atoms with Gasteiger partial charge in [-0.25, -0.2) is 18.1 Å². The first-order chi connectivity index (χ1) is 9.51. The summed E-state index contributed by atoms with van der Waals surface area (Å²) in [5.41, 5.74) is 0. The van der Waals surface area contributed by atoms with Crippen LogP contribution in [0.15, 0.2) is 27.7 Å². The first kappa shape index (κ1) is 14.4. The molecule has 108 valence electrons. The average molecular weight is 297 g/mol. The van der Waals surface area contributed by atoms with E-state index in [1.54, 1.807) is 6.92 Å². The predicted molar refractivity (Wildman–Crippen MR) is 71.5 cm³/mol. The summed E-state index contributed by atoms with van der Waals surface area (Å²) in [4.78, 5) is 8.07. The number of anilines is 1. The van der Waals surface area contributed by atoms with Crippen LogP contribution in [0.25, 0.3) is 0 Å². The van der Waals surface area contributed by atoms with Crippen LogP contribution in [0.5, 0.6) is 0 Å². The number of aromatic nitrogens is 3. The van der Waals surface area contributed by atoms with E-state index in [0.717, 1.165) is 0 Å². The fourth-order valence-electron chi connectivity index (χ4n) is 1.51. The zero-order valence-electron chi connectivity index (χ0n) is 11.1. The van der Waals surface area contributed by atoms with Crippen LogP contribution in [0.1, 0.15) is 18.6 Å². The van der Waals surface area contributed by atoms with E-state index < -0.39 is 10.0 Å². The highest BCUT2D eigenvalue weighted by Crippen LogP contribution is 2.12. The van der Waals surface area contributed by atoms with E-state index in [4.69, 9.17) is 4.52 Å². The van der Waals surface area contributed by atoms with E-state index in [-0.39, 0.29) is 17.3 Å². The average Bonchev–Trinajstić information content (AvgIpc) is 2.83. The van der Waals surface area contributed by atoms with Crippen molar-refractivity contribution >= 4 is 15.8 Å². The molecule has 0 aromatic carbocycles. The third kappa shape index (κ3) is 3.52. The minimum atomic E-state index is -3.65. The molecule has 2 aromatic heterocycles. The van der Waals surface area contributed by atoms with Crippen molar-refractivity contribution in [3.8, 4) is 0 Å². The lowest BCUT2D eigenvalue weighted by molar-refractivity contribution is 0.372. The number of nitrogens with one attached hydrogen (secondary N) is 2. The number of nitrogens with zero attached hydrogens (tertiary/aromatic N) is 3. The molecule has 2 N–H and O–H groups in total. The predicted octanol–water partition coefficient (Wildman–Crippen LogP) is 0.683. The maximum absolute atomic E-state index is 12.1. The normalized spacial score (nSPS) is 11.5. The van der Waals surface area contributed by atoms with Gasteiger partial charge in [-0.05, 0) is 19.9 Å². The highest BCUT2D eigenvalue weighted by molar-refractivity contribution is 7.89. The molecule has 0 saturated heterocycles. The first-order valence-corrected chi connectivity index (χ1v) is 7.48. The lowest BCUT2D eigenvalue weighted by atomic mass is 10.4. The number of hydrogen-bond donors (Lipinski definition) is 2. The van der Waals surface area contributed by atoms with Gasteiger partial charge in [-0.3, -0.25) is 0 Å². The quantitative estimate of drug-likeness (QED) is 0.806. The van der Waals surface area contributed by atoms with Crippen LogP contribution in [-0.4, -0.2) is 30.1 Å². The second-order valence-corrected chi connectivity index (χ2v) is 5.73. The van der Waals surface area contributed by atoms with Gasteiger partial charge in [-0.2, -0.15) is 4.98 Å². The molecule has 0 aliphatic rings. The Hall–Kier alpha value is -2.00. The Labute approximate surface area is 116 Å². The van der Waals surface area contributed by atoms with Gasteiger partial charge in [0.2, 0.25) is 15.9 Å². The molecule has 0 saturated carbocycles. The van der Waals surface area contributed by atoms with Crippen molar-refractivity contribution in [3.05, 3.63) is 30.0 Å². The third-order valence-corrected chi connectivity index (χ3v) is 3.78. The lowest BCUT2D eigenvalue weighted by Gasteiger charge is -2.07. The number of hydrogen-bond acceptors (Lipinski definition) is 7. The number of aryl methyl sites for hydroxylation is 1. The summed E-state index contributed by atoms with van der Waals surface area (Å²) in [6.45, 7) is 4.17. The molecule has 0 fully saturated rings. The Morgan fingerprint density at radius 3 is 2.85 bits per heavy atom. The molecule has 0 unspecified atom stereocenters. The Kier molecular flexibility index (Phi) is 4.30. The monoisotopic (exact) mass is 297 g/mol. The molecule has 0 atom stereocenters. The van der Waals surface area contributed by atoms with Crippen molar-refractivity contribution in [2.24, 2.45) is 0 Å². The van der Waals surface area contributed by atoms with Crippen LogP contribution < -0.4 is 10.0 Å². The molecule has 0 aliphatic carbocycles. The first-order valence-electron chi connectivity index (χ1n) is 6.00. The van der Waals surface area contributed by atoms with E-state index >= 15 is 0 Å². The maximum atomic E-state index is 12.1. The number of rotatable bonds is 6. The molecule has 0 spiro atoms. The molecule has 2 heterocycles. The summed E-state index contributed by atoms with van der Waals surface area (Å²) in [7, 11) is -3.65. The summed E-state index contributed by atoms with van der Waals surface area (Å²) in [5.74, 6) is 1.17. The Morgan fingerprint density at radius 1 is 1.40 bits per heavy atom. The van der Waals surface area contributed by atoms with Crippen LogP contribution in [0.4, 0.5) is 5.82 Å². The summed E-state index contributed by atoms with van der Waals surface area (Å²) in [6.07, 6.45) is 1.43. The summed E-state index contributed by atoms with van der Waals surface area (Å²) >= 11 is 0. The molecular formula is C11H15N5O3S. The van der Waals surface area contributed by atoms with Gasteiger partial charge in [-0.15, -0.1) is 0 Å². The van der Waals surface area contributed by atoms with Gasteiger partial charge in [0.05, 0.1) is 11.4 Å².